The van der Waals surface area contributed by atoms with Crippen molar-refractivity contribution in [1.29, 1.82) is 5.26 Å². The molecule has 1 aliphatic carbocycles. The molecule has 0 radical (unpaired) electrons. The molecule has 0 unspecified atom stereocenters. The van der Waals surface area contributed by atoms with Gasteiger partial charge in [0, 0.05) is 24.7 Å². The minimum atomic E-state index is -4.78. The van der Waals surface area contributed by atoms with E-state index in [0.717, 1.165) is 42.5 Å². The molecule has 1 aliphatic rings. The zero-order valence-electron chi connectivity index (χ0n) is 22.0. The van der Waals surface area contributed by atoms with E-state index in [1.165, 1.54) is 12.1 Å². The average Bonchev–Trinajstić information content (AvgIpc) is 2.96. The fourth-order valence-corrected chi connectivity index (χ4v) is 5.34. The van der Waals surface area contributed by atoms with Gasteiger partial charge in [0.1, 0.15) is 5.60 Å². The van der Waals surface area contributed by atoms with Gasteiger partial charge >= 0.3 is 6.18 Å². The number of carbonyl (C=O) groups excluding carboxylic acids is 2. The van der Waals surface area contributed by atoms with Crippen LogP contribution < -0.4 is 10.6 Å². The molecule has 9 heteroatoms. The molecule has 3 aromatic carbocycles. The van der Waals surface area contributed by atoms with E-state index in [1.54, 1.807) is 37.4 Å². The number of hydrogen-bond donors (Lipinski definition) is 3. The number of halogens is 3. The van der Waals surface area contributed by atoms with Crippen LogP contribution in [0.3, 0.4) is 0 Å². The largest absolute Gasteiger partial charge is 0.417 e. The zero-order chi connectivity index (χ0) is 28.9. The summed E-state index contributed by atoms with van der Waals surface area (Å²) in [5.41, 5.74) is -1.00. The number of alkyl halides is 3. The van der Waals surface area contributed by atoms with Gasteiger partial charge in [0.05, 0.1) is 17.2 Å². The van der Waals surface area contributed by atoms with Crippen molar-refractivity contribution < 1.29 is 27.9 Å². The van der Waals surface area contributed by atoms with Crippen LogP contribution >= 0.6 is 0 Å². The maximum Gasteiger partial charge on any atom is 0.417 e. The topological polar surface area (TPSA) is 102 Å². The van der Waals surface area contributed by atoms with Crippen molar-refractivity contribution in [3.05, 3.63) is 89.0 Å². The molecule has 4 rings (SSSR count). The molecule has 0 aromatic heterocycles. The first-order valence-electron chi connectivity index (χ1n) is 13.1. The Bertz CT molecular complexity index is 1440. The monoisotopic (exact) mass is 549 g/mol. The summed E-state index contributed by atoms with van der Waals surface area (Å²) in [6.45, 7) is 0. The van der Waals surface area contributed by atoms with E-state index >= 15 is 0 Å². The highest BCUT2D eigenvalue weighted by Crippen LogP contribution is 2.38. The predicted molar refractivity (Wildman–Crippen MR) is 145 cm³/mol. The summed E-state index contributed by atoms with van der Waals surface area (Å²) in [5, 5.41) is 26.1. The van der Waals surface area contributed by atoms with Crippen LogP contribution in [-0.2, 0) is 17.4 Å². The molecule has 1 atom stereocenters. The Morgan fingerprint density at radius 2 is 1.65 bits per heavy atom. The first kappa shape index (κ1) is 28.8. The third-order valence-corrected chi connectivity index (χ3v) is 7.46. The van der Waals surface area contributed by atoms with Gasteiger partial charge in [-0.1, -0.05) is 55.7 Å². The second kappa shape index (κ2) is 11.9. The van der Waals surface area contributed by atoms with E-state index in [2.05, 4.69) is 10.6 Å². The quantitative estimate of drug-likeness (QED) is 0.332. The molecule has 1 fully saturated rings. The van der Waals surface area contributed by atoms with Gasteiger partial charge in [-0.2, -0.15) is 18.4 Å². The number of benzene rings is 3. The minimum absolute atomic E-state index is 0.0467. The Hall–Kier alpha value is -4.16. The smallest absolute Gasteiger partial charge is 0.379 e. The number of aliphatic hydroxyl groups is 1. The van der Waals surface area contributed by atoms with Gasteiger partial charge in [-0.3, -0.25) is 9.59 Å². The van der Waals surface area contributed by atoms with Gasteiger partial charge in [-0.05, 0) is 65.8 Å². The van der Waals surface area contributed by atoms with Gasteiger partial charge in [0.25, 0.3) is 11.8 Å². The van der Waals surface area contributed by atoms with Crippen LogP contribution in [0.1, 0.15) is 59.2 Å². The maximum atomic E-state index is 13.6. The Balaban J connectivity index is 1.66. The molecule has 3 aromatic rings. The predicted octanol–water partition coefficient (Wildman–Crippen LogP) is 6.10. The van der Waals surface area contributed by atoms with Crippen LogP contribution in [0.2, 0.25) is 0 Å². The fraction of sp³-hybridized carbons (Fsp3) is 0.323. The first-order valence-corrected chi connectivity index (χ1v) is 13.1. The molecule has 2 amide bonds. The molecule has 0 saturated heterocycles. The molecule has 0 aliphatic heterocycles. The third-order valence-electron chi connectivity index (χ3n) is 7.46. The molecule has 0 bridgehead atoms. The van der Waals surface area contributed by atoms with E-state index < -0.39 is 28.8 Å². The second-order valence-electron chi connectivity index (χ2n) is 10.1. The van der Waals surface area contributed by atoms with E-state index in [1.807, 2.05) is 18.2 Å². The summed E-state index contributed by atoms with van der Waals surface area (Å²) in [5.74, 6) is -1.40. The molecular weight excluding hydrogens is 519 g/mol. The normalized spacial score (nSPS) is 15.5. The lowest BCUT2D eigenvalue weighted by molar-refractivity contribution is -0.142. The highest BCUT2D eigenvalue weighted by Gasteiger charge is 2.44. The Labute approximate surface area is 230 Å². The van der Waals surface area contributed by atoms with Crippen molar-refractivity contribution >= 4 is 17.5 Å². The van der Waals surface area contributed by atoms with Crippen LogP contribution in [0.4, 0.5) is 18.9 Å². The lowest BCUT2D eigenvalue weighted by Gasteiger charge is -2.37. The summed E-state index contributed by atoms with van der Waals surface area (Å²) in [4.78, 5) is 25.7. The first-order chi connectivity index (χ1) is 19.0. The van der Waals surface area contributed by atoms with Gasteiger partial charge in [0.15, 0.2) is 0 Å². The Kier molecular flexibility index (Phi) is 8.60. The zero-order valence-corrected chi connectivity index (χ0v) is 22.0. The Morgan fingerprint density at radius 3 is 2.30 bits per heavy atom. The van der Waals surface area contributed by atoms with E-state index in [4.69, 9.17) is 5.26 Å². The van der Waals surface area contributed by atoms with E-state index in [9.17, 15) is 27.9 Å². The maximum absolute atomic E-state index is 13.6. The molecule has 3 N–H and O–H groups in total. The molecule has 0 heterocycles. The number of nitriles is 1. The standard InChI is InChI=1S/C31H30F3N3O3/c1-36-28(38)23-10-6-9-22(16-23)21-8-5-7-20(15-21)18-30(40,25-11-3-2-4-12-25)29(39)37-26-14-13-24(19-35)27(17-26)31(32,33)34/h5-10,13-17,25,40H,2-4,11-12,18H2,1H3,(H,36,38)(H,37,39)/t30-/m1/s1. The summed E-state index contributed by atoms with van der Waals surface area (Å²) in [7, 11) is 1.55. The third kappa shape index (κ3) is 6.35. The number of anilines is 1. The minimum Gasteiger partial charge on any atom is -0.379 e. The molecule has 208 valence electrons. The van der Waals surface area contributed by atoms with Crippen LogP contribution in [-0.4, -0.2) is 29.6 Å². The highest BCUT2D eigenvalue weighted by molar-refractivity contribution is 5.98. The van der Waals surface area contributed by atoms with Gasteiger partial charge < -0.3 is 15.7 Å². The van der Waals surface area contributed by atoms with Gasteiger partial charge in [-0.25, -0.2) is 0 Å². The van der Waals surface area contributed by atoms with Crippen molar-refractivity contribution in [1.82, 2.24) is 5.32 Å². The summed E-state index contributed by atoms with van der Waals surface area (Å²) >= 11 is 0. The number of nitrogens with one attached hydrogen (secondary N) is 2. The lowest BCUT2D eigenvalue weighted by Crippen LogP contribution is -2.51. The summed E-state index contributed by atoms with van der Waals surface area (Å²) < 4.78 is 40.5. The fourth-order valence-electron chi connectivity index (χ4n) is 5.34. The van der Waals surface area contributed by atoms with E-state index in [0.29, 0.717) is 24.0 Å². The van der Waals surface area contributed by atoms with E-state index in [-0.39, 0.29) is 23.9 Å². The van der Waals surface area contributed by atoms with Crippen LogP contribution in [0.25, 0.3) is 11.1 Å². The SMILES string of the molecule is CNC(=O)c1cccc(-c2cccc(C[C@](O)(C(=O)Nc3ccc(C#N)c(C(F)(F)F)c3)C3CCCCC3)c2)c1. The average molecular weight is 550 g/mol. The number of carbonyl (C=O) groups is 2. The summed E-state index contributed by atoms with van der Waals surface area (Å²) in [6, 6.07) is 18.8. The molecular formula is C31H30F3N3O3. The number of amides is 2. The summed E-state index contributed by atoms with van der Waals surface area (Å²) in [6.07, 6.45) is -0.951. The highest BCUT2D eigenvalue weighted by atomic mass is 19.4. The molecule has 40 heavy (non-hydrogen) atoms. The van der Waals surface area contributed by atoms with Crippen molar-refractivity contribution in [2.45, 2.75) is 50.3 Å². The van der Waals surface area contributed by atoms with Crippen LogP contribution in [0.15, 0.2) is 66.7 Å². The van der Waals surface area contributed by atoms with Gasteiger partial charge in [0.2, 0.25) is 0 Å². The molecule has 6 nitrogen and oxygen atoms in total. The number of hydrogen-bond acceptors (Lipinski definition) is 4. The number of rotatable bonds is 7. The lowest BCUT2D eigenvalue weighted by atomic mass is 9.73. The van der Waals surface area contributed by atoms with Crippen LogP contribution in [0.5, 0.6) is 0 Å². The van der Waals surface area contributed by atoms with Crippen molar-refractivity contribution in [2.75, 3.05) is 12.4 Å². The Morgan fingerprint density at radius 1 is 0.975 bits per heavy atom. The van der Waals surface area contributed by atoms with Crippen molar-refractivity contribution in [2.24, 2.45) is 5.92 Å². The molecule has 0 spiro atoms. The second-order valence-corrected chi connectivity index (χ2v) is 10.1. The molecule has 1 saturated carbocycles. The van der Waals surface area contributed by atoms with Crippen LogP contribution in [0, 0.1) is 17.2 Å². The van der Waals surface area contributed by atoms with Gasteiger partial charge in [-0.15, -0.1) is 0 Å². The number of nitrogens with zero attached hydrogens (tertiary/aromatic N) is 1. The van der Waals surface area contributed by atoms with Crippen molar-refractivity contribution in [3.63, 3.8) is 0 Å². The van der Waals surface area contributed by atoms with Crippen molar-refractivity contribution in [3.8, 4) is 17.2 Å².